The summed E-state index contributed by atoms with van der Waals surface area (Å²) in [6.45, 7) is 1.84. The van der Waals surface area contributed by atoms with Crippen molar-refractivity contribution in [2.75, 3.05) is 0 Å². The molecule has 0 aliphatic rings. The van der Waals surface area contributed by atoms with Crippen LogP contribution in [0.3, 0.4) is 0 Å². The van der Waals surface area contributed by atoms with E-state index in [1.54, 1.807) is 11.0 Å². The highest BCUT2D eigenvalue weighted by Crippen LogP contribution is 2.20. The summed E-state index contributed by atoms with van der Waals surface area (Å²) >= 11 is 0. The maximum absolute atomic E-state index is 11.8. The van der Waals surface area contributed by atoms with Gasteiger partial charge in [0.1, 0.15) is 24.5 Å². The van der Waals surface area contributed by atoms with Crippen molar-refractivity contribution in [3.8, 4) is 0 Å². The first-order valence-electron chi connectivity index (χ1n) is 6.71. The fourth-order valence-corrected chi connectivity index (χ4v) is 1.87. The highest BCUT2D eigenvalue weighted by molar-refractivity contribution is 5.81. The van der Waals surface area contributed by atoms with Gasteiger partial charge in [-0.05, 0) is 12.5 Å². The van der Waals surface area contributed by atoms with Crippen LogP contribution in [-0.4, -0.2) is 26.5 Å². The molecule has 0 saturated heterocycles. The summed E-state index contributed by atoms with van der Waals surface area (Å²) in [5.41, 5.74) is 0.879. The molecule has 0 radical (unpaired) electrons. The van der Waals surface area contributed by atoms with Crippen LogP contribution in [0.2, 0.25) is 0 Å². The Morgan fingerprint density at radius 1 is 1.24 bits per heavy atom. The van der Waals surface area contributed by atoms with Crippen LogP contribution < -0.4 is 0 Å². The predicted octanol–water partition coefficient (Wildman–Crippen LogP) is 1.93. The van der Waals surface area contributed by atoms with Gasteiger partial charge in [-0.2, -0.15) is 5.10 Å². The number of carbonyl (C=O) groups excluding carboxylic acids is 2. The smallest absolute Gasteiger partial charge is 0.306 e. The van der Waals surface area contributed by atoms with E-state index in [1.165, 1.54) is 13.3 Å². The Bertz CT molecular complexity index is 581. The fraction of sp³-hybridized carbons (Fsp3) is 0.333. The summed E-state index contributed by atoms with van der Waals surface area (Å²) in [6, 6.07) is 9.44. The Labute approximate surface area is 122 Å². The Morgan fingerprint density at radius 2 is 2.00 bits per heavy atom. The molecule has 0 amide bonds. The van der Waals surface area contributed by atoms with Crippen molar-refractivity contribution >= 4 is 11.8 Å². The SMILES string of the molecule is CC(=O)CCC(=O)OC(Cn1cncn1)c1ccccc1. The normalized spacial score (nSPS) is 11.9. The largest absolute Gasteiger partial charge is 0.455 e. The summed E-state index contributed by atoms with van der Waals surface area (Å²) in [4.78, 5) is 26.6. The lowest BCUT2D eigenvalue weighted by atomic mass is 10.1. The van der Waals surface area contributed by atoms with Crippen molar-refractivity contribution in [3.63, 3.8) is 0 Å². The van der Waals surface area contributed by atoms with Gasteiger partial charge < -0.3 is 9.53 Å². The van der Waals surface area contributed by atoms with Gasteiger partial charge in [0.25, 0.3) is 0 Å². The average molecular weight is 287 g/mol. The minimum Gasteiger partial charge on any atom is -0.455 e. The van der Waals surface area contributed by atoms with E-state index in [4.69, 9.17) is 4.74 Å². The maximum Gasteiger partial charge on any atom is 0.306 e. The first kappa shape index (κ1) is 14.9. The summed E-state index contributed by atoms with van der Waals surface area (Å²) < 4.78 is 7.09. The molecule has 2 aromatic rings. The number of esters is 1. The summed E-state index contributed by atoms with van der Waals surface area (Å²) in [6.07, 6.45) is 2.84. The molecule has 6 heteroatoms. The Hall–Kier alpha value is -2.50. The lowest BCUT2D eigenvalue weighted by Crippen LogP contribution is -2.17. The van der Waals surface area contributed by atoms with Crippen LogP contribution in [0.15, 0.2) is 43.0 Å². The number of benzene rings is 1. The summed E-state index contributed by atoms with van der Waals surface area (Å²) in [7, 11) is 0. The molecule has 1 aromatic heterocycles. The van der Waals surface area contributed by atoms with Gasteiger partial charge in [-0.25, -0.2) is 9.67 Å². The van der Waals surface area contributed by atoms with Gasteiger partial charge in [0.2, 0.25) is 0 Å². The number of ether oxygens (including phenoxy) is 1. The topological polar surface area (TPSA) is 74.1 Å². The van der Waals surface area contributed by atoms with E-state index < -0.39 is 6.10 Å². The fourth-order valence-electron chi connectivity index (χ4n) is 1.87. The summed E-state index contributed by atoms with van der Waals surface area (Å²) in [5, 5.41) is 4.02. The van der Waals surface area contributed by atoms with Crippen molar-refractivity contribution in [1.82, 2.24) is 14.8 Å². The molecule has 0 spiro atoms. The Balaban J connectivity index is 2.05. The van der Waals surface area contributed by atoms with E-state index in [-0.39, 0.29) is 24.6 Å². The number of nitrogens with zero attached hydrogens (tertiary/aromatic N) is 3. The van der Waals surface area contributed by atoms with Crippen molar-refractivity contribution < 1.29 is 14.3 Å². The molecule has 0 bridgehead atoms. The highest BCUT2D eigenvalue weighted by Gasteiger charge is 2.18. The Morgan fingerprint density at radius 3 is 2.62 bits per heavy atom. The third kappa shape index (κ3) is 4.83. The van der Waals surface area contributed by atoms with Crippen molar-refractivity contribution in [2.24, 2.45) is 0 Å². The van der Waals surface area contributed by atoms with E-state index >= 15 is 0 Å². The molecule has 0 saturated carbocycles. The van der Waals surface area contributed by atoms with Crippen LogP contribution in [0.5, 0.6) is 0 Å². The first-order chi connectivity index (χ1) is 10.1. The summed E-state index contributed by atoms with van der Waals surface area (Å²) in [5.74, 6) is -0.418. The molecular weight excluding hydrogens is 270 g/mol. The molecule has 0 N–H and O–H groups in total. The van der Waals surface area contributed by atoms with Crippen LogP contribution in [0.4, 0.5) is 0 Å². The second-order valence-corrected chi connectivity index (χ2v) is 4.71. The minimum absolute atomic E-state index is 0.0283. The van der Waals surface area contributed by atoms with Crippen LogP contribution in [0.1, 0.15) is 31.4 Å². The van der Waals surface area contributed by atoms with Crippen molar-refractivity contribution in [1.29, 1.82) is 0 Å². The van der Waals surface area contributed by atoms with Crippen molar-refractivity contribution in [3.05, 3.63) is 48.5 Å². The monoisotopic (exact) mass is 287 g/mol. The van der Waals surface area contributed by atoms with Gasteiger partial charge in [0.05, 0.1) is 13.0 Å². The Kier molecular flexibility index (Phi) is 5.20. The van der Waals surface area contributed by atoms with E-state index in [1.807, 2.05) is 30.3 Å². The van der Waals surface area contributed by atoms with Crippen LogP contribution >= 0.6 is 0 Å². The van der Waals surface area contributed by atoms with Gasteiger partial charge in [0, 0.05) is 6.42 Å². The van der Waals surface area contributed by atoms with E-state index in [9.17, 15) is 9.59 Å². The number of Topliss-reactive ketones (excluding diaryl/α,β-unsaturated/α-hetero) is 1. The maximum atomic E-state index is 11.8. The van der Waals surface area contributed by atoms with Gasteiger partial charge in [-0.15, -0.1) is 0 Å². The third-order valence-corrected chi connectivity index (χ3v) is 2.95. The molecular formula is C15H17N3O3. The van der Waals surface area contributed by atoms with Gasteiger partial charge in [0.15, 0.2) is 0 Å². The van der Waals surface area contributed by atoms with Gasteiger partial charge in [-0.1, -0.05) is 30.3 Å². The standard InChI is InChI=1S/C15H17N3O3/c1-12(19)7-8-15(20)21-14(9-18-11-16-10-17-18)13-5-3-2-4-6-13/h2-6,10-11,14H,7-9H2,1H3. The van der Waals surface area contributed by atoms with Crippen LogP contribution in [0, 0.1) is 0 Å². The average Bonchev–Trinajstić information content (AvgIpc) is 2.98. The molecule has 1 atom stereocenters. The number of carbonyl (C=O) groups is 2. The number of hydrogen-bond donors (Lipinski definition) is 0. The zero-order chi connectivity index (χ0) is 15.1. The molecule has 0 aliphatic heterocycles. The van der Waals surface area contributed by atoms with Crippen molar-refractivity contribution in [2.45, 2.75) is 32.4 Å². The predicted molar refractivity (Wildman–Crippen MR) is 75.2 cm³/mol. The molecule has 21 heavy (non-hydrogen) atoms. The second kappa shape index (κ2) is 7.33. The van der Waals surface area contributed by atoms with E-state index in [2.05, 4.69) is 10.1 Å². The highest BCUT2D eigenvalue weighted by atomic mass is 16.5. The second-order valence-electron chi connectivity index (χ2n) is 4.71. The zero-order valence-corrected chi connectivity index (χ0v) is 11.8. The lowest BCUT2D eigenvalue weighted by Gasteiger charge is -2.18. The van der Waals surface area contributed by atoms with E-state index in [0.29, 0.717) is 6.54 Å². The molecule has 1 unspecified atom stereocenters. The molecule has 1 heterocycles. The van der Waals surface area contributed by atoms with Crippen LogP contribution in [-0.2, 0) is 20.9 Å². The lowest BCUT2D eigenvalue weighted by molar-refractivity contribution is -0.151. The van der Waals surface area contributed by atoms with Crippen LogP contribution in [0.25, 0.3) is 0 Å². The number of aromatic nitrogens is 3. The molecule has 110 valence electrons. The third-order valence-electron chi connectivity index (χ3n) is 2.95. The van der Waals surface area contributed by atoms with E-state index in [0.717, 1.165) is 5.56 Å². The molecule has 0 aliphatic carbocycles. The zero-order valence-electron chi connectivity index (χ0n) is 11.8. The number of ketones is 1. The first-order valence-corrected chi connectivity index (χ1v) is 6.71. The molecule has 1 aromatic carbocycles. The molecule has 0 fully saturated rings. The molecule has 6 nitrogen and oxygen atoms in total. The van der Waals surface area contributed by atoms with Gasteiger partial charge >= 0.3 is 5.97 Å². The number of hydrogen-bond acceptors (Lipinski definition) is 5. The quantitative estimate of drug-likeness (QED) is 0.727. The number of rotatable bonds is 7. The minimum atomic E-state index is -0.452. The molecule has 2 rings (SSSR count). The van der Waals surface area contributed by atoms with Gasteiger partial charge in [-0.3, -0.25) is 4.79 Å².